The smallest absolute Gasteiger partial charge is 0.334 e. The zero-order chi connectivity index (χ0) is 19.6. The van der Waals surface area contributed by atoms with Crippen LogP contribution in [0.15, 0.2) is 48.6 Å². The second kappa shape index (κ2) is 7.60. The maximum Gasteiger partial charge on any atom is 0.334 e. The third-order valence-corrected chi connectivity index (χ3v) is 4.74. The monoisotopic (exact) mass is 362 g/mol. The molecule has 6 nitrogen and oxygen atoms in total. The van der Waals surface area contributed by atoms with E-state index in [2.05, 4.69) is 26.3 Å². The molecule has 0 unspecified atom stereocenters. The Bertz CT molecular complexity index is 676. The molecule has 0 aromatic heterocycles. The molecule has 1 aliphatic carbocycles. The molecule has 142 valence electrons. The molecule has 0 aromatic carbocycles. The number of carbonyl (C=O) groups is 2. The van der Waals surface area contributed by atoms with Gasteiger partial charge in [-0.3, -0.25) is 0 Å². The fourth-order valence-electron chi connectivity index (χ4n) is 3.46. The lowest BCUT2D eigenvalue weighted by molar-refractivity contribution is -0.184. The Morgan fingerprint density at radius 1 is 1.23 bits per heavy atom. The number of hydrogen-bond acceptors (Lipinski definition) is 6. The molecule has 0 radical (unpaired) electrons. The highest BCUT2D eigenvalue weighted by Crippen LogP contribution is 2.40. The van der Waals surface area contributed by atoms with E-state index in [-0.39, 0.29) is 30.4 Å². The summed E-state index contributed by atoms with van der Waals surface area (Å²) in [5.74, 6) is -3.04. The number of esters is 2. The Morgan fingerprint density at radius 2 is 1.81 bits per heavy atom. The summed E-state index contributed by atoms with van der Waals surface area (Å²) < 4.78 is 16.3. The van der Waals surface area contributed by atoms with Gasteiger partial charge in [0.25, 0.3) is 0 Å². The third kappa shape index (κ3) is 4.31. The summed E-state index contributed by atoms with van der Waals surface area (Å²) in [5.41, 5.74) is 1.79. The Kier molecular flexibility index (Phi) is 5.88. The first-order chi connectivity index (χ1) is 12.1. The average molecular weight is 362 g/mol. The van der Waals surface area contributed by atoms with Gasteiger partial charge in [-0.25, -0.2) is 9.59 Å². The largest absolute Gasteiger partial charge is 0.458 e. The Balaban J connectivity index is 2.39. The van der Waals surface area contributed by atoms with Crippen LogP contribution in [0.5, 0.6) is 0 Å². The first-order valence-corrected chi connectivity index (χ1v) is 8.43. The van der Waals surface area contributed by atoms with Crippen LogP contribution in [0.4, 0.5) is 0 Å². The predicted molar refractivity (Wildman–Crippen MR) is 95.9 cm³/mol. The van der Waals surface area contributed by atoms with Crippen LogP contribution in [0.2, 0.25) is 0 Å². The maximum absolute atomic E-state index is 12.1. The Morgan fingerprint density at radius 3 is 2.35 bits per heavy atom. The normalized spacial score (nSPS) is 32.7. The number of fused-ring (bicyclic) bond motifs is 1. The summed E-state index contributed by atoms with van der Waals surface area (Å²) in [7, 11) is 1.41. The number of carbonyl (C=O) groups excluding carboxylic acids is 2. The summed E-state index contributed by atoms with van der Waals surface area (Å²) in [6.45, 7) is 16.9. The molecule has 0 spiro atoms. The van der Waals surface area contributed by atoms with Gasteiger partial charge in [-0.1, -0.05) is 37.5 Å². The molecule has 2 rings (SSSR count). The molecular weight excluding hydrogens is 336 g/mol. The van der Waals surface area contributed by atoms with Crippen LogP contribution in [0.3, 0.4) is 0 Å². The topological polar surface area (TPSA) is 82.1 Å². The van der Waals surface area contributed by atoms with Crippen LogP contribution in [0.1, 0.15) is 32.6 Å². The van der Waals surface area contributed by atoms with E-state index in [0.717, 1.165) is 0 Å². The summed E-state index contributed by atoms with van der Waals surface area (Å²) >= 11 is 0. The van der Waals surface area contributed by atoms with Crippen molar-refractivity contribution in [3.8, 4) is 0 Å². The predicted octanol–water partition coefficient (Wildman–Crippen LogP) is 2.59. The molecule has 1 aliphatic heterocycles. The highest BCUT2D eigenvalue weighted by molar-refractivity contribution is 5.91. The van der Waals surface area contributed by atoms with Crippen LogP contribution in [0, 0.1) is 5.92 Å². The van der Waals surface area contributed by atoms with Gasteiger partial charge in [-0.2, -0.15) is 0 Å². The minimum Gasteiger partial charge on any atom is -0.458 e. The quantitative estimate of drug-likeness (QED) is 0.360. The van der Waals surface area contributed by atoms with Gasteiger partial charge >= 0.3 is 11.9 Å². The van der Waals surface area contributed by atoms with E-state index in [1.807, 2.05) is 0 Å². The van der Waals surface area contributed by atoms with E-state index in [1.54, 1.807) is 6.92 Å². The van der Waals surface area contributed by atoms with Gasteiger partial charge in [-0.15, -0.1) is 0 Å². The molecule has 1 saturated heterocycles. The summed E-state index contributed by atoms with van der Waals surface area (Å²) in [6, 6.07) is 0. The molecule has 2 aliphatic rings. The van der Waals surface area contributed by atoms with Crippen molar-refractivity contribution in [2.45, 2.75) is 50.6 Å². The fraction of sp³-hybridized carbons (Fsp3) is 0.500. The van der Waals surface area contributed by atoms with E-state index in [9.17, 15) is 14.7 Å². The first kappa shape index (κ1) is 20.1. The third-order valence-electron chi connectivity index (χ3n) is 4.74. The Hall–Kier alpha value is -2.18. The highest BCUT2D eigenvalue weighted by atomic mass is 16.6. The minimum absolute atomic E-state index is 0.155. The molecule has 4 atom stereocenters. The van der Waals surface area contributed by atoms with Crippen LogP contribution in [-0.4, -0.2) is 42.1 Å². The SMILES string of the molecule is C=C1C[C@H](OC(=O)C(=C)C)[C@H]2C(=C)C(=O)O[C@@H]2CC(=C)C[C@](O)(OC)C1. The van der Waals surface area contributed by atoms with Gasteiger partial charge < -0.3 is 19.3 Å². The molecule has 0 amide bonds. The molecule has 0 aromatic rings. The average Bonchev–Trinajstić information content (AvgIpc) is 2.79. The van der Waals surface area contributed by atoms with Gasteiger partial charge in [0.1, 0.15) is 12.2 Å². The van der Waals surface area contributed by atoms with Crippen molar-refractivity contribution in [2.24, 2.45) is 5.92 Å². The molecular formula is C20H26O6. The van der Waals surface area contributed by atoms with E-state index >= 15 is 0 Å². The number of methoxy groups -OCH3 is 1. The lowest BCUT2D eigenvalue weighted by atomic mass is 9.81. The standard InChI is InChI=1S/C20H26O6/c1-11(2)18(21)25-15-7-12(3)9-20(23,24-6)10-13(4)8-16-17(15)14(5)19(22)26-16/h15-17,23H,1,3-5,7-10H2,2,6H3/t15-,16+,17+,20+/m0/s1. The lowest BCUT2D eigenvalue weighted by Crippen LogP contribution is -2.38. The van der Waals surface area contributed by atoms with Crippen molar-refractivity contribution < 1.29 is 28.9 Å². The van der Waals surface area contributed by atoms with Crippen molar-refractivity contribution in [1.29, 1.82) is 0 Å². The van der Waals surface area contributed by atoms with Gasteiger partial charge in [0, 0.05) is 43.9 Å². The second-order valence-corrected chi connectivity index (χ2v) is 7.13. The van der Waals surface area contributed by atoms with Gasteiger partial charge in [0.2, 0.25) is 0 Å². The second-order valence-electron chi connectivity index (χ2n) is 7.13. The van der Waals surface area contributed by atoms with Crippen LogP contribution in [0.25, 0.3) is 0 Å². The van der Waals surface area contributed by atoms with E-state index in [1.165, 1.54) is 7.11 Å². The zero-order valence-electron chi connectivity index (χ0n) is 15.4. The van der Waals surface area contributed by atoms with Crippen LogP contribution >= 0.6 is 0 Å². The highest BCUT2D eigenvalue weighted by Gasteiger charge is 2.46. The number of rotatable bonds is 3. The number of hydrogen-bond donors (Lipinski definition) is 1. The van der Waals surface area contributed by atoms with Crippen molar-refractivity contribution in [2.75, 3.05) is 7.11 Å². The lowest BCUT2D eigenvalue weighted by Gasteiger charge is -2.34. The molecule has 1 N–H and O–H groups in total. The molecule has 0 bridgehead atoms. The summed E-state index contributed by atoms with van der Waals surface area (Å²) in [5, 5.41) is 10.7. The Labute approximate surface area is 153 Å². The summed E-state index contributed by atoms with van der Waals surface area (Å²) in [4.78, 5) is 24.2. The van der Waals surface area contributed by atoms with Crippen LogP contribution < -0.4 is 0 Å². The summed E-state index contributed by atoms with van der Waals surface area (Å²) in [6.07, 6.45) is -0.378. The molecule has 6 heteroatoms. The van der Waals surface area contributed by atoms with E-state index in [4.69, 9.17) is 14.2 Å². The van der Waals surface area contributed by atoms with Gasteiger partial charge in [0.15, 0.2) is 5.79 Å². The zero-order valence-corrected chi connectivity index (χ0v) is 15.4. The van der Waals surface area contributed by atoms with Crippen molar-refractivity contribution in [1.82, 2.24) is 0 Å². The van der Waals surface area contributed by atoms with Crippen molar-refractivity contribution >= 4 is 11.9 Å². The van der Waals surface area contributed by atoms with Crippen LogP contribution in [-0.2, 0) is 23.8 Å². The van der Waals surface area contributed by atoms with E-state index in [0.29, 0.717) is 17.6 Å². The fourth-order valence-corrected chi connectivity index (χ4v) is 3.46. The minimum atomic E-state index is -1.45. The molecule has 1 heterocycles. The van der Waals surface area contributed by atoms with Crippen molar-refractivity contribution in [3.05, 3.63) is 48.6 Å². The van der Waals surface area contributed by atoms with Gasteiger partial charge in [0.05, 0.1) is 5.92 Å². The molecule has 1 saturated carbocycles. The number of aliphatic hydroxyl groups is 1. The van der Waals surface area contributed by atoms with Crippen molar-refractivity contribution in [3.63, 3.8) is 0 Å². The van der Waals surface area contributed by atoms with E-state index < -0.39 is 35.9 Å². The maximum atomic E-state index is 12.1. The van der Waals surface area contributed by atoms with Gasteiger partial charge in [-0.05, 0) is 6.92 Å². The first-order valence-electron chi connectivity index (χ1n) is 8.43. The number of ether oxygens (including phenoxy) is 3. The molecule has 26 heavy (non-hydrogen) atoms. The molecule has 2 fully saturated rings.